The van der Waals surface area contributed by atoms with E-state index in [4.69, 9.17) is 4.74 Å². The zero-order valence-corrected chi connectivity index (χ0v) is 12.7. The molecule has 1 saturated carbocycles. The minimum absolute atomic E-state index is 0.0787. The van der Waals surface area contributed by atoms with Crippen LogP contribution >= 0.6 is 0 Å². The zero-order valence-electron chi connectivity index (χ0n) is 12.7. The number of ether oxygens (including phenoxy) is 1. The van der Waals surface area contributed by atoms with Gasteiger partial charge in [-0.25, -0.2) is 0 Å². The van der Waals surface area contributed by atoms with Gasteiger partial charge in [0.05, 0.1) is 5.92 Å². The Hall–Kier alpha value is -2.38. The highest BCUT2D eigenvalue weighted by Crippen LogP contribution is 2.30. The topological polar surface area (TPSA) is 65.2 Å². The summed E-state index contributed by atoms with van der Waals surface area (Å²) in [4.78, 5) is 15.4. The van der Waals surface area contributed by atoms with Crippen LogP contribution in [0.1, 0.15) is 38.0 Å². The summed E-state index contributed by atoms with van der Waals surface area (Å²) in [5.74, 6) is -1.57. The van der Waals surface area contributed by atoms with Crippen molar-refractivity contribution in [3.63, 3.8) is 0 Å². The van der Waals surface area contributed by atoms with E-state index in [1.54, 1.807) is 0 Å². The van der Waals surface area contributed by atoms with Gasteiger partial charge >= 0.3 is 18.0 Å². The Morgan fingerprint density at radius 3 is 2.38 bits per heavy atom. The normalized spacial score (nSPS) is 16.1. The van der Waals surface area contributed by atoms with Crippen LogP contribution in [-0.2, 0) is 11.0 Å². The first-order chi connectivity index (χ1) is 11.4. The van der Waals surface area contributed by atoms with E-state index in [2.05, 4.69) is 14.7 Å². The van der Waals surface area contributed by atoms with E-state index < -0.39 is 12.1 Å². The van der Waals surface area contributed by atoms with E-state index in [9.17, 15) is 18.0 Å². The first-order valence-electron chi connectivity index (χ1n) is 7.66. The highest BCUT2D eigenvalue weighted by Gasteiger charge is 2.38. The molecule has 0 spiro atoms. The second kappa shape index (κ2) is 6.62. The monoisotopic (exact) mass is 340 g/mol. The summed E-state index contributed by atoms with van der Waals surface area (Å²) in [5.41, 5.74) is 0.340. The van der Waals surface area contributed by atoms with Crippen molar-refractivity contribution in [2.45, 2.75) is 38.3 Å². The first-order valence-corrected chi connectivity index (χ1v) is 7.66. The molecule has 0 saturated heterocycles. The van der Waals surface area contributed by atoms with Crippen molar-refractivity contribution in [3.05, 3.63) is 30.2 Å². The van der Waals surface area contributed by atoms with Crippen molar-refractivity contribution >= 4 is 5.97 Å². The highest BCUT2D eigenvalue weighted by atomic mass is 19.4. The average molecular weight is 340 g/mol. The molecule has 3 rings (SSSR count). The van der Waals surface area contributed by atoms with Gasteiger partial charge in [-0.3, -0.25) is 4.79 Å². The van der Waals surface area contributed by atoms with E-state index in [0.29, 0.717) is 11.3 Å². The second-order valence-electron chi connectivity index (χ2n) is 5.70. The molecule has 24 heavy (non-hydrogen) atoms. The summed E-state index contributed by atoms with van der Waals surface area (Å²) in [5, 5.41) is 3.30. The lowest BCUT2D eigenvalue weighted by atomic mass is 9.89. The lowest BCUT2D eigenvalue weighted by molar-refractivity contribution is -0.159. The largest absolute Gasteiger partial charge is 0.471 e. The number of hydrogen-bond donors (Lipinski definition) is 0. The maximum absolute atomic E-state index is 12.4. The number of esters is 1. The fourth-order valence-corrected chi connectivity index (χ4v) is 2.67. The average Bonchev–Trinajstić information content (AvgIpc) is 3.07. The number of benzene rings is 1. The van der Waals surface area contributed by atoms with Crippen LogP contribution in [0.25, 0.3) is 11.4 Å². The van der Waals surface area contributed by atoms with Gasteiger partial charge in [0.1, 0.15) is 5.75 Å². The Morgan fingerprint density at radius 2 is 1.79 bits per heavy atom. The lowest BCUT2D eigenvalue weighted by Crippen LogP contribution is -2.22. The second-order valence-corrected chi connectivity index (χ2v) is 5.70. The predicted octanol–water partition coefficient (Wildman–Crippen LogP) is 4.24. The van der Waals surface area contributed by atoms with Crippen LogP contribution in [0, 0.1) is 5.92 Å². The standard InChI is InChI=1S/C16H15F3N2O3/c17-16(18,19)15-20-13(21-24-15)10-6-8-12(9-7-10)23-14(22)11-4-2-1-3-5-11/h6-9,11H,1-5H2. The molecule has 1 fully saturated rings. The van der Waals surface area contributed by atoms with E-state index in [1.165, 1.54) is 24.3 Å². The number of hydrogen-bond acceptors (Lipinski definition) is 5. The summed E-state index contributed by atoms with van der Waals surface area (Å²) in [6.45, 7) is 0. The van der Waals surface area contributed by atoms with Crippen LogP contribution in [-0.4, -0.2) is 16.1 Å². The lowest BCUT2D eigenvalue weighted by Gasteiger charge is -2.19. The third-order valence-corrected chi connectivity index (χ3v) is 3.94. The zero-order chi connectivity index (χ0) is 17.2. The third-order valence-electron chi connectivity index (χ3n) is 3.94. The fraction of sp³-hybridized carbons (Fsp3) is 0.438. The van der Waals surface area contributed by atoms with Crippen molar-refractivity contribution in [2.75, 3.05) is 0 Å². The molecule has 1 aliphatic carbocycles. The van der Waals surface area contributed by atoms with Gasteiger partial charge in [-0.2, -0.15) is 18.2 Å². The van der Waals surface area contributed by atoms with Gasteiger partial charge in [0.25, 0.3) is 0 Å². The van der Waals surface area contributed by atoms with Crippen molar-refractivity contribution in [1.29, 1.82) is 0 Å². The van der Waals surface area contributed by atoms with Crippen LogP contribution in [0.4, 0.5) is 13.2 Å². The summed E-state index contributed by atoms with van der Waals surface area (Å²) in [6.07, 6.45) is 0.180. The molecule has 0 unspecified atom stereocenters. The fourth-order valence-electron chi connectivity index (χ4n) is 2.67. The van der Waals surface area contributed by atoms with Gasteiger partial charge in [0.15, 0.2) is 0 Å². The van der Waals surface area contributed by atoms with Crippen molar-refractivity contribution in [3.8, 4) is 17.1 Å². The quantitative estimate of drug-likeness (QED) is 0.617. The SMILES string of the molecule is O=C(Oc1ccc(-c2noc(C(F)(F)F)n2)cc1)C1CCCCC1. The number of rotatable bonds is 3. The van der Waals surface area contributed by atoms with Crippen LogP contribution in [0.15, 0.2) is 28.8 Å². The van der Waals surface area contributed by atoms with E-state index in [-0.39, 0.29) is 17.7 Å². The highest BCUT2D eigenvalue weighted by molar-refractivity contribution is 5.75. The summed E-state index contributed by atoms with van der Waals surface area (Å²) in [6, 6.07) is 5.96. The Labute approximate surface area is 135 Å². The van der Waals surface area contributed by atoms with Gasteiger partial charge in [-0.15, -0.1) is 0 Å². The predicted molar refractivity (Wildman–Crippen MR) is 76.9 cm³/mol. The number of carbonyl (C=O) groups excluding carboxylic acids is 1. The molecule has 128 valence electrons. The number of alkyl halides is 3. The minimum Gasteiger partial charge on any atom is -0.426 e. The summed E-state index contributed by atoms with van der Waals surface area (Å²) < 4.78 is 46.8. The van der Waals surface area contributed by atoms with Crippen LogP contribution in [0.5, 0.6) is 5.75 Å². The summed E-state index contributed by atoms with van der Waals surface area (Å²) in [7, 11) is 0. The first kappa shape index (κ1) is 16.5. The molecule has 0 radical (unpaired) electrons. The van der Waals surface area contributed by atoms with Crippen LogP contribution < -0.4 is 4.74 Å². The molecule has 1 aromatic heterocycles. The Morgan fingerprint density at radius 1 is 1.12 bits per heavy atom. The molecule has 0 atom stereocenters. The van der Waals surface area contributed by atoms with Crippen molar-refractivity contribution < 1.29 is 27.2 Å². The molecule has 0 aliphatic heterocycles. The molecule has 8 heteroatoms. The van der Waals surface area contributed by atoms with Gasteiger partial charge in [-0.1, -0.05) is 24.4 Å². The Kier molecular flexibility index (Phi) is 4.55. The molecular weight excluding hydrogens is 325 g/mol. The Bertz CT molecular complexity index is 704. The Balaban J connectivity index is 1.67. The smallest absolute Gasteiger partial charge is 0.426 e. The van der Waals surface area contributed by atoms with Crippen LogP contribution in [0.2, 0.25) is 0 Å². The molecule has 1 aromatic carbocycles. The number of nitrogens with zero attached hydrogens (tertiary/aromatic N) is 2. The van der Waals surface area contributed by atoms with Gasteiger partial charge < -0.3 is 9.26 Å². The third kappa shape index (κ3) is 3.74. The van der Waals surface area contributed by atoms with Crippen molar-refractivity contribution in [2.24, 2.45) is 5.92 Å². The number of aromatic nitrogens is 2. The molecule has 2 aromatic rings. The maximum atomic E-state index is 12.4. The van der Waals surface area contributed by atoms with E-state index >= 15 is 0 Å². The van der Waals surface area contributed by atoms with Crippen molar-refractivity contribution in [1.82, 2.24) is 10.1 Å². The van der Waals surface area contributed by atoms with E-state index in [0.717, 1.165) is 32.1 Å². The van der Waals surface area contributed by atoms with Gasteiger partial charge in [0.2, 0.25) is 5.82 Å². The molecule has 1 heterocycles. The molecule has 1 aliphatic rings. The molecule has 0 N–H and O–H groups in total. The number of halogens is 3. The molecule has 0 bridgehead atoms. The molecule has 5 nitrogen and oxygen atoms in total. The number of carbonyl (C=O) groups is 1. The molecular formula is C16H15F3N2O3. The minimum atomic E-state index is -4.68. The van der Waals surface area contributed by atoms with Gasteiger partial charge in [0, 0.05) is 5.56 Å². The summed E-state index contributed by atoms with van der Waals surface area (Å²) >= 11 is 0. The van der Waals surface area contributed by atoms with E-state index in [1.807, 2.05) is 0 Å². The maximum Gasteiger partial charge on any atom is 0.471 e. The van der Waals surface area contributed by atoms with Crippen LogP contribution in [0.3, 0.4) is 0 Å². The van der Waals surface area contributed by atoms with Gasteiger partial charge in [-0.05, 0) is 37.1 Å². The molecule has 0 amide bonds.